The number of esters is 1. The molecule has 1 saturated heterocycles. The summed E-state index contributed by atoms with van der Waals surface area (Å²) < 4.78 is 29.8. The molecule has 1 unspecified atom stereocenters. The first kappa shape index (κ1) is 27.3. The minimum Gasteiger partial charge on any atom is -0.467 e. The first-order valence-corrected chi connectivity index (χ1v) is 14.0. The van der Waals surface area contributed by atoms with Crippen LogP contribution in [0.5, 0.6) is 0 Å². The fourth-order valence-corrected chi connectivity index (χ4v) is 6.74. The zero-order chi connectivity index (χ0) is 25.8. The van der Waals surface area contributed by atoms with Gasteiger partial charge in [0.05, 0.1) is 34.9 Å². The second-order valence-electron chi connectivity index (χ2n) is 7.70. The van der Waals surface area contributed by atoms with Gasteiger partial charge in [-0.1, -0.05) is 41.4 Å². The number of methoxy groups -OCH3 is 1. The number of thioether (sulfide) groups is 1. The van der Waals surface area contributed by atoms with Gasteiger partial charge in [0.25, 0.3) is 5.91 Å². The standard InChI is InChI=1S/C22H23Cl2N3O6S2/c1-33-22(30)17(26-20(28)18-11-34-12-27(18)35(2,31)32)10-13-6-8-14(9-7-13)25-21(29)19-15(23)4-3-5-16(19)24/h3-9,17-18H,10-12H2,1-2H3,(H,25,29)(H,26,28)/t17?,18-/m1/s1. The number of nitrogens with one attached hydrogen (secondary N) is 2. The van der Waals surface area contributed by atoms with Crippen molar-refractivity contribution < 1.29 is 27.5 Å². The van der Waals surface area contributed by atoms with Gasteiger partial charge in [-0.2, -0.15) is 4.31 Å². The average molecular weight is 560 g/mol. The SMILES string of the molecule is COC(=O)C(Cc1ccc(NC(=O)c2c(Cl)cccc2Cl)cc1)NC(=O)[C@H]1CSCN1S(C)(=O)=O. The monoisotopic (exact) mass is 559 g/mol. The van der Waals surface area contributed by atoms with Gasteiger partial charge in [-0.05, 0) is 29.8 Å². The Morgan fingerprint density at radius 2 is 1.77 bits per heavy atom. The van der Waals surface area contributed by atoms with Gasteiger partial charge >= 0.3 is 5.97 Å². The van der Waals surface area contributed by atoms with Crippen LogP contribution < -0.4 is 10.6 Å². The zero-order valence-electron chi connectivity index (χ0n) is 18.8. The van der Waals surface area contributed by atoms with E-state index in [4.69, 9.17) is 27.9 Å². The molecule has 3 rings (SSSR count). The molecule has 1 aliphatic heterocycles. The molecule has 2 N–H and O–H groups in total. The molecule has 9 nitrogen and oxygen atoms in total. The molecule has 2 aromatic carbocycles. The Bertz CT molecular complexity index is 1200. The van der Waals surface area contributed by atoms with Crippen molar-refractivity contribution in [3.8, 4) is 0 Å². The minimum atomic E-state index is -3.57. The summed E-state index contributed by atoms with van der Waals surface area (Å²) in [6.07, 6.45) is 1.14. The van der Waals surface area contributed by atoms with Crippen molar-refractivity contribution >= 4 is 68.5 Å². The van der Waals surface area contributed by atoms with Crippen molar-refractivity contribution in [2.45, 2.75) is 18.5 Å². The van der Waals surface area contributed by atoms with Gasteiger partial charge < -0.3 is 15.4 Å². The summed E-state index contributed by atoms with van der Waals surface area (Å²) >= 11 is 13.5. The molecule has 1 heterocycles. The van der Waals surface area contributed by atoms with Crippen LogP contribution in [0.25, 0.3) is 0 Å². The topological polar surface area (TPSA) is 122 Å². The first-order valence-electron chi connectivity index (χ1n) is 10.3. The summed E-state index contributed by atoms with van der Waals surface area (Å²) in [5, 5.41) is 5.76. The molecule has 1 fully saturated rings. The Morgan fingerprint density at radius 1 is 1.14 bits per heavy atom. The normalized spacial score (nSPS) is 17.0. The van der Waals surface area contributed by atoms with Crippen molar-refractivity contribution in [2.24, 2.45) is 0 Å². The molecule has 13 heteroatoms. The Labute approximate surface area is 217 Å². The van der Waals surface area contributed by atoms with Crippen LogP contribution in [0.1, 0.15) is 15.9 Å². The molecule has 0 aliphatic carbocycles. The number of hydrogen-bond donors (Lipinski definition) is 2. The highest BCUT2D eigenvalue weighted by Crippen LogP contribution is 2.26. The molecular weight excluding hydrogens is 537 g/mol. The van der Waals surface area contributed by atoms with E-state index in [0.717, 1.165) is 10.6 Å². The van der Waals surface area contributed by atoms with Crippen LogP contribution in [0.3, 0.4) is 0 Å². The molecule has 2 amide bonds. The molecule has 2 aromatic rings. The van der Waals surface area contributed by atoms with Gasteiger partial charge in [-0.25, -0.2) is 13.2 Å². The molecule has 0 aromatic heterocycles. The summed E-state index contributed by atoms with van der Waals surface area (Å²) in [7, 11) is -2.37. The van der Waals surface area contributed by atoms with E-state index in [1.807, 2.05) is 0 Å². The van der Waals surface area contributed by atoms with Crippen LogP contribution in [0.4, 0.5) is 5.69 Å². The molecule has 188 valence electrons. The maximum Gasteiger partial charge on any atom is 0.328 e. The fraction of sp³-hybridized carbons (Fsp3) is 0.318. The third-order valence-electron chi connectivity index (χ3n) is 5.21. The number of ether oxygens (including phenoxy) is 1. The molecule has 0 radical (unpaired) electrons. The van der Waals surface area contributed by atoms with Crippen LogP contribution in [-0.4, -0.2) is 67.6 Å². The van der Waals surface area contributed by atoms with Crippen molar-refractivity contribution in [1.29, 1.82) is 0 Å². The van der Waals surface area contributed by atoms with Crippen LogP contribution in [0.2, 0.25) is 10.0 Å². The largest absolute Gasteiger partial charge is 0.467 e. The van der Waals surface area contributed by atoms with Gasteiger partial charge in [-0.3, -0.25) is 9.59 Å². The molecule has 1 aliphatic rings. The Morgan fingerprint density at radius 3 is 2.34 bits per heavy atom. The highest BCUT2D eigenvalue weighted by molar-refractivity contribution is 8.00. The van der Waals surface area contributed by atoms with Crippen molar-refractivity contribution in [1.82, 2.24) is 9.62 Å². The minimum absolute atomic E-state index is 0.0989. The van der Waals surface area contributed by atoms with Gasteiger partial charge in [0.1, 0.15) is 12.1 Å². The third kappa shape index (κ3) is 6.89. The number of rotatable bonds is 8. The molecular formula is C22H23Cl2N3O6S2. The highest BCUT2D eigenvalue weighted by Gasteiger charge is 2.38. The molecule has 0 bridgehead atoms. The lowest BCUT2D eigenvalue weighted by Crippen LogP contribution is -2.52. The zero-order valence-corrected chi connectivity index (χ0v) is 21.9. The predicted molar refractivity (Wildman–Crippen MR) is 136 cm³/mol. The fourth-order valence-electron chi connectivity index (χ4n) is 3.43. The van der Waals surface area contributed by atoms with E-state index in [9.17, 15) is 22.8 Å². The summed E-state index contributed by atoms with van der Waals surface area (Å²) in [4.78, 5) is 37.7. The molecule has 35 heavy (non-hydrogen) atoms. The number of benzene rings is 2. The number of hydrogen-bond acceptors (Lipinski definition) is 7. The van der Waals surface area contributed by atoms with E-state index in [2.05, 4.69) is 10.6 Å². The van der Waals surface area contributed by atoms with Crippen LogP contribution in [-0.2, 0) is 30.8 Å². The van der Waals surface area contributed by atoms with E-state index in [0.29, 0.717) is 11.3 Å². The van der Waals surface area contributed by atoms with E-state index in [1.165, 1.54) is 18.9 Å². The Balaban J connectivity index is 1.69. The van der Waals surface area contributed by atoms with Crippen molar-refractivity contribution in [3.05, 3.63) is 63.6 Å². The summed E-state index contributed by atoms with van der Waals surface area (Å²) in [5.41, 5.74) is 1.30. The second-order valence-corrected chi connectivity index (χ2v) is 11.5. The molecule has 0 saturated carbocycles. The maximum absolute atomic E-state index is 12.8. The lowest BCUT2D eigenvalue weighted by molar-refractivity contribution is -0.145. The van der Waals surface area contributed by atoms with Gasteiger partial charge in [0.15, 0.2) is 0 Å². The first-order chi connectivity index (χ1) is 16.5. The van der Waals surface area contributed by atoms with E-state index in [-0.39, 0.29) is 33.7 Å². The Hall–Kier alpha value is -2.31. The highest BCUT2D eigenvalue weighted by atomic mass is 35.5. The number of sulfonamides is 1. The summed E-state index contributed by atoms with van der Waals surface area (Å²) in [6, 6.07) is 9.45. The third-order valence-corrected chi connectivity index (χ3v) is 8.26. The van der Waals surface area contributed by atoms with E-state index in [1.54, 1.807) is 42.5 Å². The number of carbonyl (C=O) groups excluding carboxylic acids is 3. The van der Waals surface area contributed by atoms with Gasteiger partial charge in [-0.15, -0.1) is 11.8 Å². The lowest BCUT2D eigenvalue weighted by Gasteiger charge is -2.23. The van der Waals surface area contributed by atoms with E-state index >= 15 is 0 Å². The van der Waals surface area contributed by atoms with Gasteiger partial charge in [0, 0.05) is 17.9 Å². The van der Waals surface area contributed by atoms with Crippen LogP contribution in [0, 0.1) is 0 Å². The number of anilines is 1. The van der Waals surface area contributed by atoms with Gasteiger partial charge in [0.2, 0.25) is 15.9 Å². The number of carbonyl (C=O) groups is 3. The maximum atomic E-state index is 12.8. The smallest absolute Gasteiger partial charge is 0.328 e. The van der Waals surface area contributed by atoms with Crippen molar-refractivity contribution in [2.75, 3.05) is 30.3 Å². The summed E-state index contributed by atoms with van der Waals surface area (Å²) in [6.45, 7) is 0. The van der Waals surface area contributed by atoms with Crippen LogP contribution in [0.15, 0.2) is 42.5 Å². The molecule has 0 spiro atoms. The summed E-state index contributed by atoms with van der Waals surface area (Å²) in [5.74, 6) is -1.25. The second kappa shape index (κ2) is 11.6. The number of halogens is 2. The molecule has 2 atom stereocenters. The van der Waals surface area contributed by atoms with Crippen LogP contribution >= 0.6 is 35.0 Å². The Kier molecular flexibility index (Phi) is 9.05. The average Bonchev–Trinajstić information content (AvgIpc) is 3.30. The van der Waals surface area contributed by atoms with Crippen molar-refractivity contribution in [3.63, 3.8) is 0 Å². The number of amides is 2. The lowest BCUT2D eigenvalue weighted by atomic mass is 10.0. The quantitative estimate of drug-likeness (QED) is 0.477. The predicted octanol–water partition coefficient (Wildman–Crippen LogP) is 2.78. The van der Waals surface area contributed by atoms with E-state index < -0.39 is 39.9 Å². The number of nitrogens with zero attached hydrogens (tertiary/aromatic N) is 1.